The summed E-state index contributed by atoms with van der Waals surface area (Å²) in [7, 11) is 0. The molecule has 1 fully saturated rings. The van der Waals surface area contributed by atoms with Crippen LogP contribution < -0.4 is 11.1 Å². The minimum absolute atomic E-state index is 0.210. The van der Waals surface area contributed by atoms with Crippen molar-refractivity contribution in [3.05, 3.63) is 35.8 Å². The average Bonchev–Trinajstić information content (AvgIpc) is 2.65. The zero-order valence-corrected chi connectivity index (χ0v) is 15.3. The molecule has 0 amide bonds. The average molecular weight is 360 g/mol. The molecule has 1 aromatic rings. The van der Waals surface area contributed by atoms with Gasteiger partial charge in [-0.2, -0.15) is 0 Å². The standard InChI is InChI=1S/C19H26ClN5/c20-19-6-5-17-18(24-19)11-15(14-23-17)16(12-21)13-22-7-4-10-25-8-2-1-3-9-25/h5-6,11-14,19,24H,1-4,7-10,21H2. The fraction of sp³-hybridized carbons (Fsp3) is 0.474. The minimum atomic E-state index is -0.210. The number of nitrogens with two attached hydrogens (primary N) is 1. The van der Waals surface area contributed by atoms with Crippen molar-refractivity contribution in [1.29, 1.82) is 0 Å². The van der Waals surface area contributed by atoms with E-state index in [0.29, 0.717) is 0 Å². The second-order valence-corrected chi connectivity index (χ2v) is 6.95. The van der Waals surface area contributed by atoms with Crippen LogP contribution in [0.4, 0.5) is 5.69 Å². The molecule has 1 saturated heterocycles. The van der Waals surface area contributed by atoms with E-state index in [1.807, 2.05) is 30.6 Å². The molecule has 2 aliphatic rings. The van der Waals surface area contributed by atoms with Gasteiger partial charge in [0, 0.05) is 36.3 Å². The molecule has 0 saturated carbocycles. The van der Waals surface area contributed by atoms with Crippen molar-refractivity contribution < 1.29 is 0 Å². The van der Waals surface area contributed by atoms with E-state index in [2.05, 4.69) is 20.2 Å². The van der Waals surface area contributed by atoms with Crippen LogP contribution in [0.15, 0.2) is 29.5 Å². The molecule has 0 radical (unpaired) electrons. The number of hydrogen-bond acceptors (Lipinski definition) is 5. The Morgan fingerprint density at radius 3 is 3.04 bits per heavy atom. The molecule has 1 atom stereocenters. The Morgan fingerprint density at radius 1 is 1.40 bits per heavy atom. The van der Waals surface area contributed by atoms with Gasteiger partial charge in [-0.15, -0.1) is 0 Å². The van der Waals surface area contributed by atoms with E-state index < -0.39 is 0 Å². The molecule has 0 aromatic carbocycles. The Balaban J connectivity index is 1.54. The van der Waals surface area contributed by atoms with E-state index in [4.69, 9.17) is 17.3 Å². The number of piperidine rings is 1. The molecule has 3 rings (SSSR count). The molecule has 3 heterocycles. The van der Waals surface area contributed by atoms with Gasteiger partial charge in [0.25, 0.3) is 0 Å². The highest BCUT2D eigenvalue weighted by Gasteiger charge is 2.12. The maximum absolute atomic E-state index is 6.10. The van der Waals surface area contributed by atoms with Gasteiger partial charge in [0.15, 0.2) is 0 Å². The Hall–Kier alpha value is -1.85. The summed E-state index contributed by atoms with van der Waals surface area (Å²) in [4.78, 5) is 11.5. The fourth-order valence-corrected chi connectivity index (χ4v) is 3.39. The van der Waals surface area contributed by atoms with Crippen molar-refractivity contribution in [2.75, 3.05) is 31.5 Å². The summed E-state index contributed by atoms with van der Waals surface area (Å²) in [5.41, 5.74) is 9.19. The number of rotatable bonds is 6. The van der Waals surface area contributed by atoms with Gasteiger partial charge < -0.3 is 16.0 Å². The maximum Gasteiger partial charge on any atom is 0.120 e. The van der Waals surface area contributed by atoms with E-state index in [1.54, 1.807) is 6.20 Å². The number of allylic oxidation sites excluding steroid dienone is 1. The van der Waals surface area contributed by atoms with Gasteiger partial charge in [0.2, 0.25) is 0 Å². The molecule has 6 heteroatoms. The largest absolute Gasteiger partial charge is 0.404 e. The van der Waals surface area contributed by atoms with Crippen LogP contribution >= 0.6 is 11.6 Å². The van der Waals surface area contributed by atoms with Crippen molar-refractivity contribution in [3.8, 4) is 0 Å². The van der Waals surface area contributed by atoms with Crippen molar-refractivity contribution in [2.24, 2.45) is 10.7 Å². The van der Waals surface area contributed by atoms with Crippen LogP contribution in [0.25, 0.3) is 11.6 Å². The number of nitrogens with zero attached hydrogens (tertiary/aromatic N) is 3. The highest BCUT2D eigenvalue weighted by Crippen LogP contribution is 2.25. The Kier molecular flexibility index (Phi) is 6.48. The number of likely N-dealkylation sites (tertiary alicyclic amines) is 1. The molecule has 5 nitrogen and oxygen atoms in total. The summed E-state index contributed by atoms with van der Waals surface area (Å²) in [6, 6.07) is 2.01. The molecule has 0 bridgehead atoms. The van der Waals surface area contributed by atoms with E-state index >= 15 is 0 Å². The van der Waals surface area contributed by atoms with Gasteiger partial charge >= 0.3 is 0 Å². The topological polar surface area (TPSA) is 66.5 Å². The third-order valence-corrected chi connectivity index (χ3v) is 4.84. The summed E-state index contributed by atoms with van der Waals surface area (Å²) >= 11 is 6.10. The minimum Gasteiger partial charge on any atom is -0.404 e. The zero-order chi connectivity index (χ0) is 17.5. The fourth-order valence-electron chi connectivity index (χ4n) is 3.20. The quantitative estimate of drug-likeness (QED) is 0.354. The SMILES string of the molecule is NC=C(C=NCCCN1CCCCC1)c1cnc2c(c1)NC(Cl)C=C2. The maximum atomic E-state index is 6.10. The third-order valence-electron chi connectivity index (χ3n) is 4.59. The molecular formula is C19H26ClN5. The van der Waals surface area contributed by atoms with Gasteiger partial charge in [-0.1, -0.05) is 18.0 Å². The van der Waals surface area contributed by atoms with Crippen molar-refractivity contribution in [3.63, 3.8) is 0 Å². The molecular weight excluding hydrogens is 334 g/mol. The molecule has 1 aromatic heterocycles. The summed E-state index contributed by atoms with van der Waals surface area (Å²) in [6.45, 7) is 4.42. The smallest absolute Gasteiger partial charge is 0.120 e. The highest BCUT2D eigenvalue weighted by atomic mass is 35.5. The number of pyridine rings is 1. The van der Waals surface area contributed by atoms with Crippen LogP contribution in [-0.4, -0.2) is 47.8 Å². The van der Waals surface area contributed by atoms with Crippen LogP contribution in [0.3, 0.4) is 0 Å². The van der Waals surface area contributed by atoms with Gasteiger partial charge in [-0.05, 0) is 57.1 Å². The number of fused-ring (bicyclic) bond motifs is 1. The number of halogens is 1. The van der Waals surface area contributed by atoms with Crippen LogP contribution in [0, 0.1) is 0 Å². The first kappa shape index (κ1) is 18.0. The van der Waals surface area contributed by atoms with E-state index in [9.17, 15) is 0 Å². The van der Waals surface area contributed by atoms with Gasteiger partial charge in [-0.25, -0.2) is 0 Å². The van der Waals surface area contributed by atoms with Crippen LogP contribution in [0.1, 0.15) is 36.9 Å². The lowest BCUT2D eigenvalue weighted by atomic mass is 10.1. The number of aliphatic imine (C=N–C) groups is 1. The summed E-state index contributed by atoms with van der Waals surface area (Å²) in [5, 5.41) is 3.19. The molecule has 2 aliphatic heterocycles. The van der Waals surface area contributed by atoms with E-state index in [1.165, 1.54) is 32.4 Å². The molecule has 0 aliphatic carbocycles. The second-order valence-electron chi connectivity index (χ2n) is 6.48. The number of alkyl halides is 1. The van der Waals surface area contributed by atoms with Crippen LogP contribution in [0.2, 0.25) is 0 Å². The van der Waals surface area contributed by atoms with Crippen molar-refractivity contribution >= 4 is 35.2 Å². The zero-order valence-electron chi connectivity index (χ0n) is 14.5. The van der Waals surface area contributed by atoms with Crippen LogP contribution in [-0.2, 0) is 0 Å². The summed E-state index contributed by atoms with van der Waals surface area (Å²) in [5.74, 6) is 0. The Morgan fingerprint density at radius 2 is 2.24 bits per heavy atom. The first-order chi connectivity index (χ1) is 12.3. The normalized spacial score (nSPS) is 21.3. The number of hydrogen-bond donors (Lipinski definition) is 2. The number of nitrogens with one attached hydrogen (secondary N) is 1. The first-order valence-corrected chi connectivity index (χ1v) is 9.43. The molecule has 1 unspecified atom stereocenters. The van der Waals surface area contributed by atoms with E-state index in [0.717, 1.165) is 42.0 Å². The van der Waals surface area contributed by atoms with Crippen molar-refractivity contribution in [2.45, 2.75) is 31.2 Å². The lowest BCUT2D eigenvalue weighted by Crippen LogP contribution is -2.30. The Bertz CT molecular complexity index is 662. The molecule has 134 valence electrons. The molecule has 3 N–H and O–H groups in total. The number of anilines is 1. The van der Waals surface area contributed by atoms with Crippen molar-refractivity contribution in [1.82, 2.24) is 9.88 Å². The number of aromatic nitrogens is 1. The lowest BCUT2D eigenvalue weighted by Gasteiger charge is -2.25. The van der Waals surface area contributed by atoms with Gasteiger partial charge in [0.05, 0.1) is 11.4 Å². The predicted octanol–water partition coefficient (Wildman–Crippen LogP) is 3.33. The van der Waals surface area contributed by atoms with Gasteiger partial charge in [-0.3, -0.25) is 9.98 Å². The Labute approximate surface area is 154 Å². The molecule has 25 heavy (non-hydrogen) atoms. The van der Waals surface area contributed by atoms with Crippen LogP contribution in [0.5, 0.6) is 0 Å². The van der Waals surface area contributed by atoms with E-state index in [-0.39, 0.29) is 5.50 Å². The first-order valence-electron chi connectivity index (χ1n) is 8.99. The summed E-state index contributed by atoms with van der Waals surface area (Å²) in [6.07, 6.45) is 14.2. The lowest BCUT2D eigenvalue weighted by molar-refractivity contribution is 0.228. The summed E-state index contributed by atoms with van der Waals surface area (Å²) < 4.78 is 0. The second kappa shape index (κ2) is 9.02. The highest BCUT2D eigenvalue weighted by molar-refractivity contribution is 6.23. The molecule has 0 spiro atoms. The third kappa shape index (κ3) is 5.06. The van der Waals surface area contributed by atoms with Gasteiger partial charge in [0.1, 0.15) is 5.50 Å². The predicted molar refractivity (Wildman–Crippen MR) is 107 cm³/mol. The monoisotopic (exact) mass is 359 g/mol.